The van der Waals surface area contributed by atoms with Crippen LogP contribution in [0.5, 0.6) is 0 Å². The average Bonchev–Trinajstić information content (AvgIpc) is 3.37. The summed E-state index contributed by atoms with van der Waals surface area (Å²) in [5.41, 5.74) is 6.57. The highest BCUT2D eigenvalue weighted by molar-refractivity contribution is 8.00. The van der Waals surface area contributed by atoms with Gasteiger partial charge in [0.2, 0.25) is 0 Å². The third-order valence-corrected chi connectivity index (χ3v) is 7.87. The number of halogens is 1. The number of nitrogens with one attached hydrogen (secondary N) is 1. The Bertz CT molecular complexity index is 1020. The number of fused-ring (bicyclic) bond motifs is 1. The van der Waals surface area contributed by atoms with Crippen molar-refractivity contribution in [2.45, 2.75) is 36.7 Å². The SMILES string of the molecule is CO/N=C(/C(=O)N[C@@H]1C(=O)N2C(C(=O)O)=C(CC3CCCN3C)CS[C@H]12)c1csc(N)n1.Cl.O. The summed E-state index contributed by atoms with van der Waals surface area (Å²) in [6.45, 7) is 0.989. The Labute approximate surface area is 210 Å². The number of nitrogens with two attached hydrogens (primary N) is 1. The van der Waals surface area contributed by atoms with E-state index in [1.807, 2.05) is 7.05 Å². The molecule has 34 heavy (non-hydrogen) atoms. The number of thioether (sulfide) groups is 1. The predicted octanol–water partition coefficient (Wildman–Crippen LogP) is -0.104. The Balaban J connectivity index is 0.00000204. The molecule has 15 heteroatoms. The molecule has 1 unspecified atom stereocenters. The molecular formula is C19H27ClN6O6S2. The van der Waals surface area contributed by atoms with Crippen LogP contribution in [0.1, 0.15) is 25.0 Å². The van der Waals surface area contributed by atoms with Gasteiger partial charge in [-0.15, -0.1) is 35.5 Å². The molecule has 2 saturated heterocycles. The van der Waals surface area contributed by atoms with E-state index in [2.05, 4.69) is 20.4 Å². The summed E-state index contributed by atoms with van der Waals surface area (Å²) in [7, 11) is 3.33. The zero-order chi connectivity index (χ0) is 23.0. The lowest BCUT2D eigenvalue weighted by molar-refractivity contribution is -0.150. The van der Waals surface area contributed by atoms with Crippen molar-refractivity contribution < 1.29 is 29.8 Å². The summed E-state index contributed by atoms with van der Waals surface area (Å²) in [4.78, 5) is 50.1. The normalized spacial score (nSPS) is 24.5. The van der Waals surface area contributed by atoms with Crippen LogP contribution < -0.4 is 11.1 Å². The van der Waals surface area contributed by atoms with E-state index >= 15 is 0 Å². The van der Waals surface area contributed by atoms with E-state index in [0.717, 1.165) is 36.3 Å². The predicted molar refractivity (Wildman–Crippen MR) is 131 cm³/mol. The van der Waals surface area contributed by atoms with Gasteiger partial charge in [0.15, 0.2) is 10.8 Å². The molecule has 1 aromatic rings. The second kappa shape index (κ2) is 11.4. The van der Waals surface area contributed by atoms with Crippen molar-refractivity contribution in [2.75, 3.05) is 32.2 Å². The van der Waals surface area contributed by atoms with Crippen molar-refractivity contribution in [1.82, 2.24) is 20.1 Å². The van der Waals surface area contributed by atoms with Gasteiger partial charge in [0.05, 0.1) is 0 Å². The number of carboxylic acid groups (broad SMARTS) is 1. The highest BCUT2D eigenvalue weighted by Crippen LogP contribution is 2.42. The van der Waals surface area contributed by atoms with E-state index in [0.29, 0.717) is 12.2 Å². The molecule has 0 spiro atoms. The molecule has 0 bridgehead atoms. The number of rotatable bonds is 7. The molecule has 3 aliphatic heterocycles. The minimum Gasteiger partial charge on any atom is -0.477 e. The van der Waals surface area contributed by atoms with Gasteiger partial charge in [-0.1, -0.05) is 5.16 Å². The lowest BCUT2D eigenvalue weighted by Gasteiger charge is -2.49. The number of thiazole rings is 1. The molecule has 3 atom stereocenters. The topological polar surface area (TPSA) is 182 Å². The van der Waals surface area contributed by atoms with Gasteiger partial charge in [0.25, 0.3) is 11.8 Å². The van der Waals surface area contributed by atoms with E-state index in [1.54, 1.807) is 5.38 Å². The maximum absolute atomic E-state index is 12.9. The number of likely N-dealkylation sites (tertiary alicyclic amines) is 1. The minimum absolute atomic E-state index is 0. The standard InChI is InChI=1S/C19H24N6O5S2.ClH.H2O/c1-24-5-3-4-10(24)6-9-7-31-17-13(16(27)25(17)14(9)18(28)29)22-15(26)12(23-30-2)11-8-32-19(20)21-11;;/h8,10,13,17H,3-7H2,1-2H3,(H2,20,21)(H,22,26)(H,28,29);1H;1H2/b23-12+;;/t10?,13-,17-;;/m1../s1. The number of anilines is 1. The number of carboxylic acids is 1. The number of aromatic nitrogens is 1. The van der Waals surface area contributed by atoms with Crippen LogP contribution in [0.25, 0.3) is 0 Å². The average molecular weight is 535 g/mol. The molecule has 6 N–H and O–H groups in total. The fraction of sp³-hybridized carbons (Fsp3) is 0.526. The van der Waals surface area contributed by atoms with Crippen molar-refractivity contribution in [3.8, 4) is 0 Å². The molecule has 2 amide bonds. The zero-order valence-corrected chi connectivity index (χ0v) is 21.0. The third-order valence-electron chi connectivity index (χ3n) is 5.85. The van der Waals surface area contributed by atoms with E-state index in [1.165, 1.54) is 23.8 Å². The molecular weight excluding hydrogens is 508 g/mol. The van der Waals surface area contributed by atoms with Gasteiger partial charge in [0, 0.05) is 17.2 Å². The molecule has 3 aliphatic rings. The van der Waals surface area contributed by atoms with Crippen LogP contribution in [0.3, 0.4) is 0 Å². The van der Waals surface area contributed by atoms with Crippen molar-refractivity contribution >= 4 is 64.1 Å². The summed E-state index contributed by atoms with van der Waals surface area (Å²) in [6.07, 6.45) is 2.71. The number of oxime groups is 1. The number of amides is 2. The number of hydrogen-bond donors (Lipinski definition) is 3. The van der Waals surface area contributed by atoms with Crippen LogP contribution in [0.15, 0.2) is 21.8 Å². The minimum atomic E-state index is -1.12. The molecule has 188 valence electrons. The summed E-state index contributed by atoms with van der Waals surface area (Å²) < 4.78 is 0. The number of hydrogen-bond acceptors (Lipinski definition) is 10. The smallest absolute Gasteiger partial charge is 0.352 e. The van der Waals surface area contributed by atoms with Gasteiger partial charge in [-0.2, -0.15) is 0 Å². The molecule has 0 radical (unpaired) electrons. The molecule has 4 rings (SSSR count). The second-order valence-corrected chi connectivity index (χ2v) is 9.79. The first-order valence-electron chi connectivity index (χ1n) is 10.1. The van der Waals surface area contributed by atoms with Crippen molar-refractivity contribution in [1.29, 1.82) is 0 Å². The Hall–Kier alpha value is -2.39. The van der Waals surface area contributed by atoms with Crippen LogP contribution in [0, 0.1) is 0 Å². The number of nitrogen functional groups attached to an aromatic ring is 1. The first kappa shape index (κ1) is 27.9. The van der Waals surface area contributed by atoms with Gasteiger partial charge >= 0.3 is 5.97 Å². The number of β-lactam (4-membered cyclic amide) rings is 1. The van der Waals surface area contributed by atoms with Gasteiger partial charge in [-0.05, 0) is 38.4 Å². The van der Waals surface area contributed by atoms with E-state index in [9.17, 15) is 19.5 Å². The molecule has 12 nitrogen and oxygen atoms in total. The number of aliphatic carboxylic acids is 1. The maximum atomic E-state index is 12.9. The highest BCUT2D eigenvalue weighted by Gasteiger charge is 2.54. The van der Waals surface area contributed by atoms with Crippen LogP contribution in [-0.4, -0.2) is 92.8 Å². The van der Waals surface area contributed by atoms with Crippen LogP contribution in [0.2, 0.25) is 0 Å². The Morgan fingerprint density at radius 3 is 2.74 bits per heavy atom. The Kier molecular flexibility index (Phi) is 9.30. The fourth-order valence-corrected chi connectivity index (χ4v) is 6.17. The van der Waals surface area contributed by atoms with Gasteiger partial charge in [0.1, 0.15) is 29.9 Å². The second-order valence-electron chi connectivity index (χ2n) is 7.79. The van der Waals surface area contributed by atoms with Crippen molar-refractivity contribution in [2.24, 2.45) is 5.16 Å². The summed E-state index contributed by atoms with van der Waals surface area (Å²) in [5, 5.41) is 17.6. The summed E-state index contributed by atoms with van der Waals surface area (Å²) >= 11 is 2.60. The molecule has 0 saturated carbocycles. The van der Waals surface area contributed by atoms with Crippen molar-refractivity contribution in [3.05, 3.63) is 22.3 Å². The number of carbonyl (C=O) groups is 3. The first-order chi connectivity index (χ1) is 15.3. The summed E-state index contributed by atoms with van der Waals surface area (Å²) in [6, 6.07) is -0.586. The Morgan fingerprint density at radius 2 is 2.18 bits per heavy atom. The van der Waals surface area contributed by atoms with Gasteiger partial charge in [-0.3, -0.25) is 14.5 Å². The third kappa shape index (κ3) is 5.15. The van der Waals surface area contributed by atoms with Crippen LogP contribution in [-0.2, 0) is 19.2 Å². The maximum Gasteiger partial charge on any atom is 0.352 e. The first-order valence-corrected chi connectivity index (χ1v) is 12.0. The van der Waals surface area contributed by atoms with Crippen LogP contribution in [0.4, 0.5) is 5.13 Å². The highest BCUT2D eigenvalue weighted by atomic mass is 35.5. The lowest BCUT2D eigenvalue weighted by atomic mass is 9.98. The molecule has 0 aliphatic carbocycles. The molecule has 4 heterocycles. The number of nitrogens with zero attached hydrogens (tertiary/aromatic N) is 4. The van der Waals surface area contributed by atoms with E-state index < -0.39 is 29.2 Å². The Morgan fingerprint density at radius 1 is 1.44 bits per heavy atom. The molecule has 2 fully saturated rings. The van der Waals surface area contributed by atoms with E-state index in [4.69, 9.17) is 10.6 Å². The zero-order valence-electron chi connectivity index (χ0n) is 18.5. The lowest BCUT2D eigenvalue weighted by Crippen LogP contribution is -2.71. The summed E-state index contributed by atoms with van der Waals surface area (Å²) in [5.74, 6) is -1.73. The van der Waals surface area contributed by atoms with Gasteiger partial charge in [-0.25, -0.2) is 9.78 Å². The molecule has 0 aromatic carbocycles. The van der Waals surface area contributed by atoms with E-state index in [-0.39, 0.29) is 46.2 Å². The quantitative estimate of drug-likeness (QED) is 0.244. The fourth-order valence-electron chi connectivity index (χ4n) is 4.26. The van der Waals surface area contributed by atoms with Crippen LogP contribution >= 0.6 is 35.5 Å². The molecule has 1 aromatic heterocycles. The van der Waals surface area contributed by atoms with Gasteiger partial charge < -0.3 is 31.4 Å². The largest absolute Gasteiger partial charge is 0.477 e. The monoisotopic (exact) mass is 534 g/mol. The van der Waals surface area contributed by atoms with Crippen molar-refractivity contribution in [3.63, 3.8) is 0 Å². The number of carbonyl (C=O) groups excluding carboxylic acids is 2.